The van der Waals surface area contributed by atoms with Gasteiger partial charge in [-0.1, -0.05) is 0 Å². The highest BCUT2D eigenvalue weighted by Gasteiger charge is 2.30. The average Bonchev–Trinajstić information content (AvgIpc) is 3.29. The summed E-state index contributed by atoms with van der Waals surface area (Å²) in [6, 6.07) is 2.22. The smallest absolute Gasteiger partial charge is 0.190 e. The summed E-state index contributed by atoms with van der Waals surface area (Å²) in [5, 5.41) is 2.80. The highest BCUT2D eigenvalue weighted by Crippen LogP contribution is 2.34. The Balaban J connectivity index is 1.68. The number of aryl methyl sites for hydroxylation is 2. The Morgan fingerprint density at radius 2 is 2.13 bits per heavy atom. The standard InChI is InChI=1S/C16H18N6S/c1-10-11(2)20-14(19-10)12-4-3-8-22(12)13-5-6-17-15(21-13)16-18-7-9-23-16/h5-7,9,12H,3-4,8H2,1-2H3,(H,19,20)/t12-/m0/s1. The van der Waals surface area contributed by atoms with Gasteiger partial charge in [0.25, 0.3) is 0 Å². The van der Waals surface area contributed by atoms with E-state index >= 15 is 0 Å². The molecule has 1 aliphatic rings. The monoisotopic (exact) mass is 326 g/mol. The maximum atomic E-state index is 4.72. The van der Waals surface area contributed by atoms with Gasteiger partial charge in [-0.2, -0.15) is 0 Å². The average molecular weight is 326 g/mol. The van der Waals surface area contributed by atoms with Gasteiger partial charge in [-0.15, -0.1) is 11.3 Å². The van der Waals surface area contributed by atoms with Crippen LogP contribution in [0.1, 0.15) is 36.1 Å². The molecule has 0 spiro atoms. The first-order valence-electron chi connectivity index (χ1n) is 7.75. The summed E-state index contributed by atoms with van der Waals surface area (Å²) in [4.78, 5) is 23.8. The Kier molecular flexibility index (Phi) is 3.57. The molecular formula is C16H18N6S. The second kappa shape index (κ2) is 5.73. The number of thiazole rings is 1. The molecule has 1 N–H and O–H groups in total. The van der Waals surface area contributed by atoms with E-state index in [4.69, 9.17) is 4.98 Å². The molecule has 7 heteroatoms. The molecule has 3 aromatic rings. The van der Waals surface area contributed by atoms with Crippen molar-refractivity contribution in [1.82, 2.24) is 24.9 Å². The highest BCUT2D eigenvalue weighted by molar-refractivity contribution is 7.12. The highest BCUT2D eigenvalue weighted by atomic mass is 32.1. The summed E-state index contributed by atoms with van der Waals surface area (Å²) in [6.45, 7) is 5.09. The molecule has 1 atom stereocenters. The van der Waals surface area contributed by atoms with E-state index < -0.39 is 0 Å². The van der Waals surface area contributed by atoms with E-state index in [9.17, 15) is 0 Å². The van der Waals surface area contributed by atoms with Gasteiger partial charge in [0.2, 0.25) is 0 Å². The van der Waals surface area contributed by atoms with Gasteiger partial charge in [-0.05, 0) is 32.8 Å². The fourth-order valence-corrected chi connectivity index (χ4v) is 3.58. The van der Waals surface area contributed by atoms with Crippen LogP contribution < -0.4 is 4.90 Å². The third-order valence-corrected chi connectivity index (χ3v) is 5.04. The van der Waals surface area contributed by atoms with Crippen LogP contribution in [0.25, 0.3) is 10.8 Å². The second-order valence-electron chi connectivity index (χ2n) is 5.76. The van der Waals surface area contributed by atoms with Crippen molar-refractivity contribution in [3.05, 3.63) is 41.1 Å². The number of H-pyrrole nitrogens is 1. The normalized spacial score (nSPS) is 17.8. The Labute approximate surface area is 138 Å². The molecule has 0 saturated carbocycles. The SMILES string of the molecule is Cc1nc([C@@H]2CCCN2c2ccnc(-c3nccs3)n2)[nH]c1C. The molecule has 1 fully saturated rings. The van der Waals surface area contributed by atoms with Crippen LogP contribution >= 0.6 is 11.3 Å². The van der Waals surface area contributed by atoms with Crippen molar-refractivity contribution in [3.63, 3.8) is 0 Å². The van der Waals surface area contributed by atoms with E-state index in [1.165, 1.54) is 0 Å². The van der Waals surface area contributed by atoms with Gasteiger partial charge in [-0.25, -0.2) is 19.9 Å². The predicted molar refractivity (Wildman–Crippen MR) is 90.5 cm³/mol. The summed E-state index contributed by atoms with van der Waals surface area (Å²) in [5.41, 5.74) is 2.20. The number of nitrogens with one attached hydrogen (secondary N) is 1. The fourth-order valence-electron chi connectivity index (χ4n) is 3.00. The Morgan fingerprint density at radius 1 is 1.22 bits per heavy atom. The summed E-state index contributed by atoms with van der Waals surface area (Å²) in [5.74, 6) is 2.67. The van der Waals surface area contributed by atoms with Crippen LogP contribution in [0.3, 0.4) is 0 Å². The van der Waals surface area contributed by atoms with Gasteiger partial charge >= 0.3 is 0 Å². The van der Waals surface area contributed by atoms with Crippen molar-refractivity contribution in [1.29, 1.82) is 0 Å². The first-order chi connectivity index (χ1) is 11.2. The van der Waals surface area contributed by atoms with Crippen molar-refractivity contribution in [2.24, 2.45) is 0 Å². The van der Waals surface area contributed by atoms with E-state index in [1.807, 2.05) is 24.6 Å². The molecule has 3 aromatic heterocycles. The van der Waals surface area contributed by atoms with Crippen molar-refractivity contribution >= 4 is 17.2 Å². The number of nitrogens with zero attached hydrogens (tertiary/aromatic N) is 5. The molecular weight excluding hydrogens is 308 g/mol. The fraction of sp³-hybridized carbons (Fsp3) is 0.375. The predicted octanol–water partition coefficient (Wildman–Crippen LogP) is 3.28. The van der Waals surface area contributed by atoms with E-state index in [2.05, 4.69) is 31.8 Å². The quantitative estimate of drug-likeness (QED) is 0.800. The molecule has 23 heavy (non-hydrogen) atoms. The Morgan fingerprint density at radius 3 is 2.87 bits per heavy atom. The molecule has 0 amide bonds. The molecule has 1 saturated heterocycles. The third kappa shape index (κ3) is 2.61. The van der Waals surface area contributed by atoms with Crippen LogP contribution in [0.2, 0.25) is 0 Å². The first-order valence-corrected chi connectivity index (χ1v) is 8.63. The molecule has 4 rings (SSSR count). The molecule has 6 nitrogen and oxygen atoms in total. The zero-order valence-corrected chi connectivity index (χ0v) is 14.0. The largest absolute Gasteiger partial charge is 0.346 e. The molecule has 118 valence electrons. The van der Waals surface area contributed by atoms with Gasteiger partial charge in [0.05, 0.1) is 11.7 Å². The lowest BCUT2D eigenvalue weighted by atomic mass is 10.2. The lowest BCUT2D eigenvalue weighted by Crippen LogP contribution is -2.24. The van der Waals surface area contributed by atoms with Crippen molar-refractivity contribution in [2.45, 2.75) is 32.7 Å². The summed E-state index contributed by atoms with van der Waals surface area (Å²) >= 11 is 1.56. The lowest BCUT2D eigenvalue weighted by Gasteiger charge is -2.24. The van der Waals surface area contributed by atoms with E-state index in [-0.39, 0.29) is 6.04 Å². The minimum absolute atomic E-state index is 0.251. The zero-order chi connectivity index (χ0) is 15.8. The summed E-state index contributed by atoms with van der Waals surface area (Å²) in [6.07, 6.45) is 5.82. The number of aromatic amines is 1. The first kappa shape index (κ1) is 14.3. The Hall–Kier alpha value is -2.28. The maximum absolute atomic E-state index is 4.72. The van der Waals surface area contributed by atoms with Crippen LogP contribution in [-0.2, 0) is 0 Å². The number of hydrogen-bond donors (Lipinski definition) is 1. The van der Waals surface area contributed by atoms with Gasteiger partial charge in [0, 0.05) is 30.0 Å². The van der Waals surface area contributed by atoms with Crippen LogP contribution in [0.4, 0.5) is 5.82 Å². The molecule has 0 aliphatic carbocycles. The molecule has 0 unspecified atom stereocenters. The van der Waals surface area contributed by atoms with Gasteiger partial charge in [-0.3, -0.25) is 0 Å². The van der Waals surface area contributed by atoms with Gasteiger partial charge in [0.1, 0.15) is 11.6 Å². The van der Waals surface area contributed by atoms with Gasteiger partial charge < -0.3 is 9.88 Å². The number of anilines is 1. The molecule has 4 heterocycles. The van der Waals surface area contributed by atoms with E-state index in [0.29, 0.717) is 5.82 Å². The number of hydrogen-bond acceptors (Lipinski definition) is 6. The summed E-state index contributed by atoms with van der Waals surface area (Å²) in [7, 11) is 0. The minimum Gasteiger partial charge on any atom is -0.346 e. The Bertz CT molecular complexity index is 790. The topological polar surface area (TPSA) is 70.6 Å². The van der Waals surface area contributed by atoms with Crippen molar-refractivity contribution in [3.8, 4) is 10.8 Å². The molecule has 0 radical (unpaired) electrons. The van der Waals surface area contributed by atoms with Crippen LogP contribution in [0.5, 0.6) is 0 Å². The third-order valence-electron chi connectivity index (χ3n) is 4.27. The van der Waals surface area contributed by atoms with Crippen molar-refractivity contribution < 1.29 is 0 Å². The second-order valence-corrected chi connectivity index (χ2v) is 6.65. The van der Waals surface area contributed by atoms with Gasteiger partial charge in [0.15, 0.2) is 10.8 Å². The van der Waals surface area contributed by atoms with E-state index in [1.54, 1.807) is 17.5 Å². The molecule has 1 aliphatic heterocycles. The van der Waals surface area contributed by atoms with E-state index in [0.717, 1.165) is 47.4 Å². The molecule has 0 aromatic carbocycles. The number of aromatic nitrogens is 5. The maximum Gasteiger partial charge on any atom is 0.190 e. The number of rotatable bonds is 3. The van der Waals surface area contributed by atoms with Crippen LogP contribution in [0.15, 0.2) is 23.8 Å². The van der Waals surface area contributed by atoms with Crippen molar-refractivity contribution in [2.75, 3.05) is 11.4 Å². The minimum atomic E-state index is 0.251. The van der Waals surface area contributed by atoms with Crippen LogP contribution in [0, 0.1) is 13.8 Å². The van der Waals surface area contributed by atoms with Crippen LogP contribution in [-0.4, -0.2) is 31.5 Å². The zero-order valence-electron chi connectivity index (χ0n) is 13.2. The molecule has 0 bridgehead atoms. The lowest BCUT2D eigenvalue weighted by molar-refractivity contribution is 0.668. The number of imidazole rings is 1. The summed E-state index contributed by atoms with van der Waals surface area (Å²) < 4.78 is 0.